The molecule has 5 heteroatoms. The Labute approximate surface area is 116 Å². The number of carbonyl (C=O) groups excluding carboxylic acids is 2. The van der Waals surface area contributed by atoms with Gasteiger partial charge in [0.15, 0.2) is 0 Å². The van der Waals surface area contributed by atoms with Crippen molar-refractivity contribution in [2.24, 2.45) is 0 Å². The predicted octanol–water partition coefficient (Wildman–Crippen LogP) is 2.14. The third kappa shape index (κ3) is 2.93. The van der Waals surface area contributed by atoms with Gasteiger partial charge in [0.1, 0.15) is 0 Å². The van der Waals surface area contributed by atoms with Gasteiger partial charge in [-0.2, -0.15) is 0 Å². The molecule has 1 aliphatic rings. The van der Waals surface area contributed by atoms with E-state index in [-0.39, 0.29) is 11.8 Å². The predicted molar refractivity (Wildman–Crippen MR) is 74.2 cm³/mol. The fraction of sp³-hybridized carbons (Fsp3) is 0.267. The average Bonchev–Trinajstić information content (AvgIpc) is 2.38. The molecule has 0 aromatic heterocycles. The molecular formula is C15H15NO4. The molecule has 1 aromatic carbocycles. The van der Waals surface area contributed by atoms with Crippen LogP contribution in [0.5, 0.6) is 0 Å². The van der Waals surface area contributed by atoms with Crippen molar-refractivity contribution in [2.75, 3.05) is 4.90 Å². The highest BCUT2D eigenvalue weighted by molar-refractivity contribution is 6.16. The van der Waals surface area contributed by atoms with E-state index < -0.39 is 5.97 Å². The largest absolute Gasteiger partial charge is 0.478 e. The Hall–Kier alpha value is -2.43. The summed E-state index contributed by atoms with van der Waals surface area (Å²) in [5.74, 6) is -1.38. The molecule has 104 valence electrons. The topological polar surface area (TPSA) is 74.7 Å². The van der Waals surface area contributed by atoms with Crippen LogP contribution in [-0.4, -0.2) is 22.9 Å². The van der Waals surface area contributed by atoms with Crippen LogP contribution in [0, 0.1) is 6.92 Å². The molecule has 1 aromatic rings. The van der Waals surface area contributed by atoms with Crippen molar-refractivity contribution < 1.29 is 19.5 Å². The van der Waals surface area contributed by atoms with E-state index in [1.807, 2.05) is 0 Å². The Kier molecular flexibility index (Phi) is 3.98. The number of carbonyl (C=O) groups is 3. The SMILES string of the molecule is Cc1cc(C=CC(=O)O)ccc1N1C(=O)CCCC1=O. The number of hydrogen-bond donors (Lipinski definition) is 1. The zero-order chi connectivity index (χ0) is 14.7. The maximum absolute atomic E-state index is 11.9. The van der Waals surface area contributed by atoms with Crippen molar-refractivity contribution in [3.8, 4) is 0 Å². The summed E-state index contributed by atoms with van der Waals surface area (Å²) in [4.78, 5) is 35.4. The zero-order valence-electron chi connectivity index (χ0n) is 11.1. The van der Waals surface area contributed by atoms with Crippen LogP contribution >= 0.6 is 0 Å². The smallest absolute Gasteiger partial charge is 0.328 e. The number of imide groups is 1. The van der Waals surface area contributed by atoms with Crippen LogP contribution in [0.25, 0.3) is 6.08 Å². The Balaban J connectivity index is 2.31. The van der Waals surface area contributed by atoms with Crippen molar-refractivity contribution in [1.29, 1.82) is 0 Å². The van der Waals surface area contributed by atoms with E-state index in [2.05, 4.69) is 0 Å². The van der Waals surface area contributed by atoms with Gasteiger partial charge in [0.05, 0.1) is 5.69 Å². The summed E-state index contributed by atoms with van der Waals surface area (Å²) in [5, 5.41) is 8.59. The summed E-state index contributed by atoms with van der Waals surface area (Å²) in [7, 11) is 0. The van der Waals surface area contributed by atoms with Gasteiger partial charge in [-0.05, 0) is 42.7 Å². The zero-order valence-corrected chi connectivity index (χ0v) is 11.1. The molecule has 20 heavy (non-hydrogen) atoms. The van der Waals surface area contributed by atoms with E-state index in [9.17, 15) is 14.4 Å². The molecule has 1 N–H and O–H groups in total. The average molecular weight is 273 g/mol. The van der Waals surface area contributed by atoms with Crippen LogP contribution < -0.4 is 4.90 Å². The Morgan fingerprint density at radius 1 is 1.25 bits per heavy atom. The van der Waals surface area contributed by atoms with E-state index in [4.69, 9.17) is 5.11 Å². The normalized spacial score (nSPS) is 15.9. The van der Waals surface area contributed by atoms with E-state index >= 15 is 0 Å². The highest BCUT2D eigenvalue weighted by Crippen LogP contribution is 2.26. The molecule has 5 nitrogen and oxygen atoms in total. The highest BCUT2D eigenvalue weighted by Gasteiger charge is 2.28. The number of aliphatic carboxylic acids is 1. The van der Waals surface area contributed by atoms with Gasteiger partial charge in [-0.3, -0.25) is 14.5 Å². The molecule has 0 aliphatic carbocycles. The minimum atomic E-state index is -1.02. The molecule has 0 radical (unpaired) electrons. The van der Waals surface area contributed by atoms with E-state index in [0.29, 0.717) is 30.5 Å². The summed E-state index contributed by atoms with van der Waals surface area (Å²) < 4.78 is 0. The second-order valence-electron chi connectivity index (χ2n) is 4.69. The highest BCUT2D eigenvalue weighted by atomic mass is 16.4. The number of carboxylic acid groups (broad SMARTS) is 1. The lowest BCUT2D eigenvalue weighted by Gasteiger charge is -2.26. The molecule has 0 spiro atoms. The standard InChI is InChI=1S/C15H15NO4/c1-10-9-11(6-8-15(19)20)5-7-12(10)16-13(17)3-2-4-14(16)18/h5-9H,2-4H2,1H3,(H,19,20). The second kappa shape index (κ2) is 5.69. The molecule has 1 saturated heterocycles. The first-order valence-electron chi connectivity index (χ1n) is 6.36. The van der Waals surface area contributed by atoms with Crippen molar-refractivity contribution in [3.05, 3.63) is 35.4 Å². The quantitative estimate of drug-likeness (QED) is 0.676. The Morgan fingerprint density at radius 3 is 2.45 bits per heavy atom. The number of hydrogen-bond acceptors (Lipinski definition) is 3. The van der Waals surface area contributed by atoms with Crippen LogP contribution in [0.3, 0.4) is 0 Å². The monoisotopic (exact) mass is 273 g/mol. The molecular weight excluding hydrogens is 258 g/mol. The van der Waals surface area contributed by atoms with E-state index in [1.165, 1.54) is 11.0 Å². The maximum atomic E-state index is 11.9. The first-order chi connectivity index (χ1) is 9.49. The minimum absolute atomic E-state index is 0.182. The molecule has 1 aliphatic heterocycles. The molecule has 2 amide bonds. The number of aryl methyl sites for hydroxylation is 1. The van der Waals surface area contributed by atoms with Crippen LogP contribution in [0.1, 0.15) is 30.4 Å². The number of carboxylic acids is 1. The van der Waals surface area contributed by atoms with Crippen LogP contribution in [0.15, 0.2) is 24.3 Å². The summed E-state index contributed by atoms with van der Waals surface area (Å²) in [5.41, 5.74) is 2.05. The third-order valence-corrected chi connectivity index (χ3v) is 3.16. The van der Waals surface area contributed by atoms with Crippen molar-refractivity contribution in [3.63, 3.8) is 0 Å². The van der Waals surface area contributed by atoms with E-state index in [0.717, 1.165) is 11.6 Å². The minimum Gasteiger partial charge on any atom is -0.478 e. The lowest BCUT2D eigenvalue weighted by Crippen LogP contribution is -2.40. The van der Waals surface area contributed by atoms with Gasteiger partial charge < -0.3 is 5.11 Å². The van der Waals surface area contributed by atoms with Gasteiger partial charge in [0.2, 0.25) is 11.8 Å². The number of rotatable bonds is 3. The first-order valence-corrected chi connectivity index (χ1v) is 6.36. The van der Waals surface area contributed by atoms with Gasteiger partial charge in [0.25, 0.3) is 0 Å². The van der Waals surface area contributed by atoms with Gasteiger partial charge in [0, 0.05) is 18.9 Å². The number of amides is 2. The van der Waals surface area contributed by atoms with Crippen LogP contribution in [0.4, 0.5) is 5.69 Å². The molecule has 1 fully saturated rings. The number of nitrogens with zero attached hydrogens (tertiary/aromatic N) is 1. The fourth-order valence-electron chi connectivity index (χ4n) is 2.22. The number of anilines is 1. The maximum Gasteiger partial charge on any atom is 0.328 e. The first kappa shape index (κ1) is 14.0. The molecule has 0 saturated carbocycles. The molecule has 0 unspecified atom stereocenters. The third-order valence-electron chi connectivity index (χ3n) is 3.16. The molecule has 1 heterocycles. The van der Waals surface area contributed by atoms with Crippen LogP contribution in [0.2, 0.25) is 0 Å². The Morgan fingerprint density at radius 2 is 1.90 bits per heavy atom. The molecule has 2 rings (SSSR count). The van der Waals surface area contributed by atoms with Gasteiger partial charge >= 0.3 is 5.97 Å². The van der Waals surface area contributed by atoms with E-state index in [1.54, 1.807) is 25.1 Å². The molecule has 0 bridgehead atoms. The molecule has 0 atom stereocenters. The fourth-order valence-corrected chi connectivity index (χ4v) is 2.22. The summed E-state index contributed by atoms with van der Waals surface area (Å²) in [6.45, 7) is 1.79. The lowest BCUT2D eigenvalue weighted by atomic mass is 10.0. The van der Waals surface area contributed by atoms with Crippen molar-refractivity contribution >= 4 is 29.5 Å². The summed E-state index contributed by atoms with van der Waals surface area (Å²) >= 11 is 0. The van der Waals surface area contributed by atoms with Crippen molar-refractivity contribution in [2.45, 2.75) is 26.2 Å². The summed E-state index contributed by atoms with van der Waals surface area (Å²) in [6, 6.07) is 5.12. The van der Waals surface area contributed by atoms with Gasteiger partial charge in [-0.15, -0.1) is 0 Å². The number of benzene rings is 1. The lowest BCUT2D eigenvalue weighted by molar-refractivity contribution is -0.131. The van der Waals surface area contributed by atoms with Gasteiger partial charge in [-0.1, -0.05) is 6.07 Å². The second-order valence-corrected chi connectivity index (χ2v) is 4.69. The summed E-state index contributed by atoms with van der Waals surface area (Å²) in [6.07, 6.45) is 3.88. The number of piperidine rings is 1. The Bertz CT molecular complexity index is 588. The van der Waals surface area contributed by atoms with Gasteiger partial charge in [-0.25, -0.2) is 4.79 Å². The van der Waals surface area contributed by atoms with Crippen LogP contribution in [-0.2, 0) is 14.4 Å². The van der Waals surface area contributed by atoms with Crippen molar-refractivity contribution in [1.82, 2.24) is 0 Å².